The van der Waals surface area contributed by atoms with Gasteiger partial charge in [-0.1, -0.05) is 30.3 Å². The van der Waals surface area contributed by atoms with E-state index in [0.717, 1.165) is 40.6 Å². The Hall–Kier alpha value is -2.59. The van der Waals surface area contributed by atoms with Gasteiger partial charge in [-0.25, -0.2) is 4.68 Å². The number of ether oxygens (including phenoxy) is 2. The van der Waals surface area contributed by atoms with E-state index in [1.807, 2.05) is 36.0 Å². The van der Waals surface area contributed by atoms with Gasteiger partial charge in [0.2, 0.25) is 0 Å². The molecule has 0 aliphatic carbocycles. The molecule has 1 heterocycles. The zero-order chi connectivity index (χ0) is 22.8. The number of aliphatic imine (C=N–C) groups is 1. The highest BCUT2D eigenvalue weighted by atomic mass is 127. The van der Waals surface area contributed by atoms with Crippen LogP contribution in [0.25, 0.3) is 5.69 Å². The van der Waals surface area contributed by atoms with E-state index in [4.69, 9.17) is 9.47 Å². The summed E-state index contributed by atoms with van der Waals surface area (Å²) in [6.45, 7) is 6.61. The molecule has 33 heavy (non-hydrogen) atoms. The van der Waals surface area contributed by atoms with Crippen LogP contribution in [0.4, 0.5) is 0 Å². The van der Waals surface area contributed by atoms with E-state index in [2.05, 4.69) is 58.0 Å². The number of para-hydroxylation sites is 1. The second-order valence-corrected chi connectivity index (χ2v) is 7.62. The number of nitrogens with zero attached hydrogens (tertiary/aromatic N) is 3. The molecule has 0 saturated carbocycles. The Balaban J connectivity index is 0.00000385. The molecule has 0 atom stereocenters. The first-order valence-electron chi connectivity index (χ1n) is 10.9. The number of nitrogens with one attached hydrogen (secondary N) is 2. The summed E-state index contributed by atoms with van der Waals surface area (Å²) in [5.74, 6) is 1.62. The quantitative estimate of drug-likeness (QED) is 0.166. The van der Waals surface area contributed by atoms with Crippen LogP contribution in [0.2, 0.25) is 0 Å². The zero-order valence-electron chi connectivity index (χ0n) is 19.8. The molecule has 7 nitrogen and oxygen atoms in total. The van der Waals surface area contributed by atoms with Crippen LogP contribution >= 0.6 is 24.0 Å². The van der Waals surface area contributed by atoms with Crippen molar-refractivity contribution in [3.8, 4) is 11.4 Å². The number of rotatable bonds is 10. The molecular formula is C25H34IN5O2. The van der Waals surface area contributed by atoms with Gasteiger partial charge < -0.3 is 20.1 Å². The molecular weight excluding hydrogens is 529 g/mol. The van der Waals surface area contributed by atoms with E-state index in [-0.39, 0.29) is 24.0 Å². The summed E-state index contributed by atoms with van der Waals surface area (Å²) >= 11 is 0. The Morgan fingerprint density at radius 2 is 1.76 bits per heavy atom. The third-order valence-corrected chi connectivity index (χ3v) is 5.05. The van der Waals surface area contributed by atoms with E-state index in [1.54, 1.807) is 14.2 Å². The van der Waals surface area contributed by atoms with Gasteiger partial charge in [0, 0.05) is 52.0 Å². The van der Waals surface area contributed by atoms with Gasteiger partial charge in [-0.2, -0.15) is 5.10 Å². The summed E-state index contributed by atoms with van der Waals surface area (Å²) in [6.07, 6.45) is 2.84. The Morgan fingerprint density at radius 3 is 2.45 bits per heavy atom. The summed E-state index contributed by atoms with van der Waals surface area (Å²) < 4.78 is 13.0. The third-order valence-electron chi connectivity index (χ3n) is 5.05. The van der Waals surface area contributed by atoms with Crippen LogP contribution in [0.1, 0.15) is 28.8 Å². The Labute approximate surface area is 213 Å². The van der Waals surface area contributed by atoms with Crippen molar-refractivity contribution in [2.45, 2.75) is 33.4 Å². The van der Waals surface area contributed by atoms with Crippen molar-refractivity contribution in [1.82, 2.24) is 20.4 Å². The molecule has 0 unspecified atom stereocenters. The first-order valence-corrected chi connectivity index (χ1v) is 10.9. The number of hydrogen-bond donors (Lipinski definition) is 2. The molecule has 0 aliphatic rings. The average Bonchev–Trinajstić information content (AvgIpc) is 3.24. The molecule has 8 heteroatoms. The van der Waals surface area contributed by atoms with Crippen molar-refractivity contribution in [2.75, 3.05) is 27.4 Å². The summed E-state index contributed by atoms with van der Waals surface area (Å²) in [6, 6.07) is 16.5. The lowest BCUT2D eigenvalue weighted by molar-refractivity contribution is 0.171. The van der Waals surface area contributed by atoms with Gasteiger partial charge in [-0.05, 0) is 43.2 Å². The molecule has 1 aromatic heterocycles. The summed E-state index contributed by atoms with van der Waals surface area (Å²) in [7, 11) is 3.48. The van der Waals surface area contributed by atoms with Crippen molar-refractivity contribution < 1.29 is 9.47 Å². The molecule has 0 bridgehead atoms. The topological polar surface area (TPSA) is 72.7 Å². The van der Waals surface area contributed by atoms with Gasteiger partial charge in [0.25, 0.3) is 0 Å². The largest absolute Gasteiger partial charge is 0.493 e. The standard InChI is InChI=1S/C25H33N5O2.HI/c1-19-10-11-22(24(16-19)32-15-7-14-31-4)18-28-25(26-3)27-17-21-8-5-6-9-23(21)30-13-12-20(2)29-30;/h5-6,8-13,16H,7,14-15,17-18H2,1-4H3,(H2,26,27,28);1H. The number of hydrogen-bond acceptors (Lipinski definition) is 4. The van der Waals surface area contributed by atoms with Crippen molar-refractivity contribution >= 4 is 29.9 Å². The second-order valence-electron chi connectivity index (χ2n) is 7.62. The summed E-state index contributed by atoms with van der Waals surface area (Å²) in [4.78, 5) is 4.37. The lowest BCUT2D eigenvalue weighted by Gasteiger charge is -2.16. The molecule has 0 spiro atoms. The van der Waals surface area contributed by atoms with E-state index in [9.17, 15) is 0 Å². The molecule has 178 valence electrons. The van der Waals surface area contributed by atoms with Gasteiger partial charge in [-0.3, -0.25) is 4.99 Å². The van der Waals surface area contributed by atoms with Crippen LogP contribution in [-0.2, 0) is 17.8 Å². The van der Waals surface area contributed by atoms with E-state index >= 15 is 0 Å². The van der Waals surface area contributed by atoms with Crippen molar-refractivity contribution in [3.63, 3.8) is 0 Å². The number of halogens is 1. The van der Waals surface area contributed by atoms with Gasteiger partial charge in [-0.15, -0.1) is 24.0 Å². The minimum Gasteiger partial charge on any atom is -0.493 e. The predicted octanol–water partition coefficient (Wildman–Crippen LogP) is 4.39. The molecule has 0 amide bonds. The lowest BCUT2D eigenvalue weighted by Crippen LogP contribution is -2.36. The van der Waals surface area contributed by atoms with Crippen molar-refractivity contribution in [1.29, 1.82) is 0 Å². The molecule has 3 rings (SSSR count). The number of aryl methyl sites for hydroxylation is 2. The maximum Gasteiger partial charge on any atom is 0.191 e. The van der Waals surface area contributed by atoms with Crippen LogP contribution in [0.3, 0.4) is 0 Å². The summed E-state index contributed by atoms with van der Waals surface area (Å²) in [5.41, 5.74) is 5.43. The number of guanidine groups is 1. The fraction of sp³-hybridized carbons (Fsp3) is 0.360. The van der Waals surface area contributed by atoms with Gasteiger partial charge in [0.1, 0.15) is 5.75 Å². The molecule has 0 saturated heterocycles. The van der Waals surface area contributed by atoms with Crippen LogP contribution in [0, 0.1) is 13.8 Å². The van der Waals surface area contributed by atoms with Crippen molar-refractivity contribution in [2.24, 2.45) is 4.99 Å². The van der Waals surface area contributed by atoms with E-state index in [0.29, 0.717) is 26.3 Å². The average molecular weight is 563 g/mol. The highest BCUT2D eigenvalue weighted by Gasteiger charge is 2.08. The Kier molecular flexibility index (Phi) is 11.2. The highest BCUT2D eigenvalue weighted by Crippen LogP contribution is 2.20. The SMILES string of the molecule is CN=C(NCc1ccc(C)cc1OCCCOC)NCc1ccccc1-n1ccc(C)n1.I. The minimum atomic E-state index is 0. The summed E-state index contributed by atoms with van der Waals surface area (Å²) in [5, 5.41) is 11.3. The van der Waals surface area contributed by atoms with Crippen LogP contribution < -0.4 is 15.4 Å². The van der Waals surface area contributed by atoms with Crippen LogP contribution in [-0.4, -0.2) is 43.1 Å². The highest BCUT2D eigenvalue weighted by molar-refractivity contribution is 14.0. The van der Waals surface area contributed by atoms with E-state index in [1.165, 1.54) is 5.56 Å². The third kappa shape index (κ3) is 8.04. The van der Waals surface area contributed by atoms with Crippen LogP contribution in [0.15, 0.2) is 59.7 Å². The number of aromatic nitrogens is 2. The Bertz CT molecular complexity index is 1040. The fourth-order valence-corrected chi connectivity index (χ4v) is 3.34. The van der Waals surface area contributed by atoms with Crippen molar-refractivity contribution in [3.05, 3.63) is 77.1 Å². The molecule has 3 aromatic rings. The number of benzene rings is 2. The number of methoxy groups -OCH3 is 1. The maximum atomic E-state index is 5.99. The molecule has 0 radical (unpaired) electrons. The fourth-order valence-electron chi connectivity index (χ4n) is 3.34. The molecule has 0 aliphatic heterocycles. The van der Waals surface area contributed by atoms with E-state index < -0.39 is 0 Å². The van der Waals surface area contributed by atoms with Gasteiger partial charge in [0.05, 0.1) is 18.0 Å². The van der Waals surface area contributed by atoms with Gasteiger partial charge in [0.15, 0.2) is 5.96 Å². The second kappa shape index (κ2) is 13.8. The van der Waals surface area contributed by atoms with Gasteiger partial charge >= 0.3 is 0 Å². The lowest BCUT2D eigenvalue weighted by atomic mass is 10.1. The molecule has 2 aromatic carbocycles. The smallest absolute Gasteiger partial charge is 0.191 e. The maximum absolute atomic E-state index is 5.99. The zero-order valence-corrected chi connectivity index (χ0v) is 22.1. The first kappa shape index (κ1) is 26.7. The minimum absolute atomic E-state index is 0. The normalized spacial score (nSPS) is 11.1. The molecule has 2 N–H and O–H groups in total. The predicted molar refractivity (Wildman–Crippen MR) is 144 cm³/mol. The first-order chi connectivity index (χ1) is 15.6. The van der Waals surface area contributed by atoms with Crippen LogP contribution in [0.5, 0.6) is 5.75 Å². The monoisotopic (exact) mass is 563 g/mol. The Morgan fingerprint density at radius 1 is 1.00 bits per heavy atom. The molecule has 0 fully saturated rings.